The van der Waals surface area contributed by atoms with Crippen molar-refractivity contribution in [3.63, 3.8) is 0 Å². The average molecular weight is 295 g/mol. The van der Waals surface area contributed by atoms with Gasteiger partial charge in [-0.1, -0.05) is 62.3 Å². The van der Waals surface area contributed by atoms with E-state index in [0.717, 1.165) is 6.26 Å². The fraction of sp³-hybridized carbons (Fsp3) is 1.00. The first-order valence-electron chi connectivity index (χ1n) is 6.36. The summed E-state index contributed by atoms with van der Waals surface area (Å²) in [6.07, 6.45) is 1.16. The van der Waals surface area contributed by atoms with Gasteiger partial charge in [0.25, 0.3) is 10.1 Å². The van der Waals surface area contributed by atoms with E-state index in [-0.39, 0.29) is 15.1 Å². The van der Waals surface area contributed by atoms with Crippen LogP contribution in [0.15, 0.2) is 0 Å². The Morgan fingerprint density at radius 3 is 1.00 bits per heavy atom. The molecule has 0 saturated heterocycles. The molecule has 0 saturated carbocycles. The van der Waals surface area contributed by atoms with E-state index in [1.54, 1.807) is 0 Å². The van der Waals surface area contributed by atoms with Crippen LogP contribution in [0, 0.1) is 0 Å². The first-order valence-corrected chi connectivity index (χ1v) is 10.1. The van der Waals surface area contributed by atoms with Crippen LogP contribution >= 0.6 is 0 Å². The van der Waals surface area contributed by atoms with Gasteiger partial charge in [0.1, 0.15) is 0 Å². The second-order valence-corrected chi connectivity index (χ2v) is 16.2. The third kappa shape index (κ3) is 3.36. The SMILES string of the molecule is CC(C)(C)[Si](OS(C)(=O)=O)(C(C)(C)C)C(C)(C)C. The zero-order chi connectivity index (χ0) is 15.2. The summed E-state index contributed by atoms with van der Waals surface area (Å²) in [5, 5.41) is -0.522. The molecule has 0 aromatic carbocycles. The Morgan fingerprint density at radius 2 is 0.944 bits per heavy atom. The second-order valence-electron chi connectivity index (χ2n) is 8.22. The predicted molar refractivity (Wildman–Crippen MR) is 80.8 cm³/mol. The lowest BCUT2D eigenvalue weighted by atomic mass is 10.2. The molecular formula is C13H30O3SSi. The van der Waals surface area contributed by atoms with Gasteiger partial charge in [0.15, 0.2) is 0 Å². The van der Waals surface area contributed by atoms with Gasteiger partial charge in [0, 0.05) is 0 Å². The molecule has 0 aliphatic heterocycles. The minimum absolute atomic E-state index is 0.174. The minimum atomic E-state index is -3.47. The molecule has 0 atom stereocenters. The average Bonchev–Trinajstić information content (AvgIpc) is 1.90. The molecule has 0 aromatic rings. The molecule has 110 valence electrons. The standard InChI is InChI=1S/C13H30O3SSi/c1-11(2,3)18(12(4,5)6,13(7,8)9)16-17(10,14)15/h1-10H3. The summed E-state index contributed by atoms with van der Waals surface area (Å²) >= 11 is 0. The molecule has 0 heterocycles. The molecule has 0 radical (unpaired) electrons. The lowest BCUT2D eigenvalue weighted by Gasteiger charge is -2.56. The smallest absolute Gasteiger partial charge is 0.254 e. The summed E-state index contributed by atoms with van der Waals surface area (Å²) in [7, 11) is -6.09. The van der Waals surface area contributed by atoms with E-state index in [1.165, 1.54) is 0 Å². The topological polar surface area (TPSA) is 43.4 Å². The van der Waals surface area contributed by atoms with Crippen LogP contribution in [0.25, 0.3) is 0 Å². The molecule has 0 aliphatic carbocycles. The molecule has 0 bridgehead atoms. The fourth-order valence-corrected chi connectivity index (χ4v) is 15.5. The highest BCUT2D eigenvalue weighted by molar-refractivity contribution is 7.87. The largest absolute Gasteiger partial charge is 0.313 e. The third-order valence-corrected chi connectivity index (χ3v) is 12.0. The van der Waals surface area contributed by atoms with Crippen LogP contribution in [0.1, 0.15) is 62.3 Å². The van der Waals surface area contributed by atoms with Crippen molar-refractivity contribution in [3.8, 4) is 0 Å². The van der Waals surface area contributed by atoms with Gasteiger partial charge in [-0.25, -0.2) is 8.42 Å². The summed E-state index contributed by atoms with van der Waals surface area (Å²) in [5.74, 6) is 0. The lowest BCUT2D eigenvalue weighted by molar-refractivity contribution is 0.371. The van der Waals surface area contributed by atoms with E-state index >= 15 is 0 Å². The third-order valence-electron chi connectivity index (χ3n) is 3.44. The zero-order valence-electron chi connectivity index (χ0n) is 13.6. The maximum atomic E-state index is 11.8. The van der Waals surface area contributed by atoms with Gasteiger partial charge in [0.05, 0.1) is 6.26 Å². The van der Waals surface area contributed by atoms with Gasteiger partial charge in [-0.15, -0.1) is 0 Å². The Bertz CT molecular complexity index is 355. The molecule has 0 spiro atoms. The Balaban J connectivity index is 6.27. The van der Waals surface area contributed by atoms with Crippen LogP contribution in [0.2, 0.25) is 15.1 Å². The number of hydrogen-bond donors (Lipinski definition) is 0. The molecule has 0 amide bonds. The maximum absolute atomic E-state index is 11.8. The first-order chi connectivity index (χ1) is 7.46. The molecule has 0 unspecified atom stereocenters. The molecule has 3 nitrogen and oxygen atoms in total. The highest BCUT2D eigenvalue weighted by atomic mass is 32.2. The molecule has 18 heavy (non-hydrogen) atoms. The van der Waals surface area contributed by atoms with Crippen molar-refractivity contribution in [1.82, 2.24) is 0 Å². The Morgan fingerprint density at radius 1 is 0.722 bits per heavy atom. The summed E-state index contributed by atoms with van der Waals surface area (Å²) in [5.41, 5.74) is 0. The summed E-state index contributed by atoms with van der Waals surface area (Å²) in [4.78, 5) is 0. The van der Waals surface area contributed by atoms with E-state index in [0.29, 0.717) is 0 Å². The van der Waals surface area contributed by atoms with Crippen molar-refractivity contribution in [3.05, 3.63) is 0 Å². The van der Waals surface area contributed by atoms with Crippen molar-refractivity contribution in [2.24, 2.45) is 0 Å². The van der Waals surface area contributed by atoms with Crippen LogP contribution in [0.3, 0.4) is 0 Å². The van der Waals surface area contributed by atoms with Crippen molar-refractivity contribution < 1.29 is 12.3 Å². The highest BCUT2D eigenvalue weighted by Gasteiger charge is 2.64. The van der Waals surface area contributed by atoms with Crippen molar-refractivity contribution in [1.29, 1.82) is 0 Å². The first kappa shape index (κ1) is 18.1. The van der Waals surface area contributed by atoms with E-state index in [1.807, 2.05) is 0 Å². The van der Waals surface area contributed by atoms with Gasteiger partial charge >= 0.3 is 0 Å². The normalized spacial score (nSPS) is 15.9. The molecule has 5 heteroatoms. The minimum Gasteiger partial charge on any atom is -0.313 e. The maximum Gasteiger partial charge on any atom is 0.254 e. The summed E-state index contributed by atoms with van der Waals surface area (Å²) in [6, 6.07) is 0. The fourth-order valence-electron chi connectivity index (χ4n) is 3.98. The van der Waals surface area contributed by atoms with E-state index in [4.69, 9.17) is 3.87 Å². The van der Waals surface area contributed by atoms with Gasteiger partial charge in [-0.05, 0) is 15.1 Å². The molecular weight excluding hydrogens is 264 g/mol. The van der Waals surface area contributed by atoms with Gasteiger partial charge in [-0.3, -0.25) is 0 Å². The predicted octanol–water partition coefficient (Wildman–Crippen LogP) is 4.31. The van der Waals surface area contributed by atoms with Crippen LogP contribution in [-0.2, 0) is 14.0 Å². The lowest BCUT2D eigenvalue weighted by Crippen LogP contribution is -2.61. The van der Waals surface area contributed by atoms with Crippen molar-refractivity contribution in [2.75, 3.05) is 6.26 Å². The van der Waals surface area contributed by atoms with Gasteiger partial charge in [-0.2, -0.15) is 0 Å². The number of rotatable bonds is 2. The zero-order valence-corrected chi connectivity index (χ0v) is 15.4. The van der Waals surface area contributed by atoms with Crippen LogP contribution in [-0.4, -0.2) is 23.0 Å². The monoisotopic (exact) mass is 294 g/mol. The van der Waals surface area contributed by atoms with Crippen LogP contribution < -0.4 is 0 Å². The van der Waals surface area contributed by atoms with Crippen LogP contribution in [0.5, 0.6) is 0 Å². The highest BCUT2D eigenvalue weighted by Crippen LogP contribution is 2.62. The summed E-state index contributed by atoms with van der Waals surface area (Å²) < 4.78 is 29.4. The molecule has 0 fully saturated rings. The molecule has 0 N–H and O–H groups in total. The Kier molecular flexibility index (Phi) is 4.63. The summed E-state index contributed by atoms with van der Waals surface area (Å²) in [6.45, 7) is 18.9. The Labute approximate surface area is 115 Å². The van der Waals surface area contributed by atoms with Crippen LogP contribution in [0.4, 0.5) is 0 Å². The van der Waals surface area contributed by atoms with E-state index < -0.39 is 18.4 Å². The van der Waals surface area contributed by atoms with E-state index in [9.17, 15) is 8.42 Å². The quantitative estimate of drug-likeness (QED) is 0.713. The Hall–Kier alpha value is 0.127. The van der Waals surface area contributed by atoms with Crippen molar-refractivity contribution in [2.45, 2.75) is 77.4 Å². The number of hydrogen-bond acceptors (Lipinski definition) is 3. The molecule has 0 aliphatic rings. The van der Waals surface area contributed by atoms with Gasteiger partial charge in [0.2, 0.25) is 8.32 Å². The molecule has 0 rings (SSSR count). The second kappa shape index (κ2) is 4.60. The van der Waals surface area contributed by atoms with Gasteiger partial charge < -0.3 is 3.87 Å². The van der Waals surface area contributed by atoms with E-state index in [2.05, 4.69) is 62.3 Å². The molecule has 0 aromatic heterocycles. The van der Waals surface area contributed by atoms with Crippen molar-refractivity contribution >= 4 is 18.4 Å².